The van der Waals surface area contributed by atoms with Crippen molar-refractivity contribution in [3.8, 4) is 5.75 Å². The van der Waals surface area contributed by atoms with Gasteiger partial charge in [-0.3, -0.25) is 14.6 Å². The predicted molar refractivity (Wildman–Crippen MR) is 102 cm³/mol. The fraction of sp³-hybridized carbons (Fsp3) is 0.381. The van der Waals surface area contributed by atoms with Gasteiger partial charge in [0, 0.05) is 25.2 Å². The number of likely N-dealkylation sites (tertiary alicyclic amines) is 1. The van der Waals surface area contributed by atoms with Crippen molar-refractivity contribution in [2.45, 2.75) is 38.1 Å². The summed E-state index contributed by atoms with van der Waals surface area (Å²) in [6.45, 7) is 1.66. The Kier molecular flexibility index (Phi) is 5.25. The molecule has 4 rings (SSSR count). The summed E-state index contributed by atoms with van der Waals surface area (Å²) in [6, 6.07) is 11.3. The first kappa shape index (κ1) is 18.4. The zero-order valence-corrected chi connectivity index (χ0v) is 15.5. The van der Waals surface area contributed by atoms with E-state index in [2.05, 4.69) is 11.1 Å². The molecule has 3 heterocycles. The van der Waals surface area contributed by atoms with Gasteiger partial charge in [-0.15, -0.1) is 0 Å². The summed E-state index contributed by atoms with van der Waals surface area (Å²) in [5.41, 5.74) is 7.75. The maximum absolute atomic E-state index is 13.0. The van der Waals surface area contributed by atoms with Gasteiger partial charge in [0.15, 0.2) is 0 Å². The van der Waals surface area contributed by atoms with E-state index in [0.717, 1.165) is 18.4 Å². The van der Waals surface area contributed by atoms with Crippen molar-refractivity contribution >= 4 is 11.8 Å². The Bertz CT molecular complexity index is 885. The third-order valence-corrected chi connectivity index (χ3v) is 5.22. The molecule has 2 aromatic rings. The Morgan fingerprint density at radius 3 is 2.86 bits per heavy atom. The van der Waals surface area contributed by atoms with E-state index in [1.807, 2.05) is 23.1 Å². The van der Waals surface area contributed by atoms with Crippen LogP contribution in [0.15, 0.2) is 42.6 Å². The lowest BCUT2D eigenvalue weighted by molar-refractivity contribution is -0.148. The second-order valence-corrected chi connectivity index (χ2v) is 7.18. The minimum Gasteiger partial charge on any atom is -0.488 e. The molecule has 1 aromatic heterocycles. The van der Waals surface area contributed by atoms with E-state index < -0.39 is 12.0 Å². The summed E-state index contributed by atoms with van der Waals surface area (Å²) in [5.74, 6) is -0.0538. The van der Waals surface area contributed by atoms with E-state index in [-0.39, 0.29) is 17.7 Å². The molecule has 2 unspecified atom stereocenters. The Morgan fingerprint density at radius 2 is 2.04 bits per heavy atom. The summed E-state index contributed by atoms with van der Waals surface area (Å²) >= 11 is 0. The molecule has 0 radical (unpaired) electrons. The van der Waals surface area contributed by atoms with Crippen molar-refractivity contribution in [3.05, 3.63) is 59.4 Å². The van der Waals surface area contributed by atoms with Gasteiger partial charge in [-0.05, 0) is 30.0 Å². The molecule has 0 saturated carbocycles. The number of hydrogen-bond donors (Lipinski definition) is 1. The highest BCUT2D eigenvalue weighted by molar-refractivity contribution is 5.91. The molecule has 0 aliphatic carbocycles. The van der Waals surface area contributed by atoms with Gasteiger partial charge in [0.05, 0.1) is 13.2 Å². The van der Waals surface area contributed by atoms with E-state index in [4.69, 9.17) is 15.2 Å². The molecule has 2 N–H and O–H groups in total. The average Bonchev–Trinajstić information content (AvgIpc) is 2.73. The molecule has 1 saturated heterocycles. The number of hydrogen-bond acceptors (Lipinski definition) is 5. The van der Waals surface area contributed by atoms with Gasteiger partial charge < -0.3 is 20.1 Å². The van der Waals surface area contributed by atoms with Crippen molar-refractivity contribution in [3.63, 3.8) is 0 Å². The van der Waals surface area contributed by atoms with Crippen LogP contribution in [0.25, 0.3) is 0 Å². The SMILES string of the molecule is NC(=O)c1cc(OC2CCCN(C(=O)C3Cc4ccccc4CO3)C2)ccn1. The van der Waals surface area contributed by atoms with E-state index in [9.17, 15) is 9.59 Å². The van der Waals surface area contributed by atoms with Crippen LogP contribution in [-0.2, 0) is 22.6 Å². The van der Waals surface area contributed by atoms with Gasteiger partial charge in [-0.2, -0.15) is 0 Å². The number of pyridine rings is 1. The highest BCUT2D eigenvalue weighted by atomic mass is 16.5. The maximum Gasteiger partial charge on any atom is 0.267 e. The van der Waals surface area contributed by atoms with Crippen LogP contribution in [0.4, 0.5) is 0 Å². The molecule has 2 atom stereocenters. The minimum absolute atomic E-state index is 0.00959. The van der Waals surface area contributed by atoms with Crippen LogP contribution in [-0.4, -0.2) is 47.0 Å². The molecule has 28 heavy (non-hydrogen) atoms. The van der Waals surface area contributed by atoms with Crippen LogP contribution in [0.3, 0.4) is 0 Å². The molecule has 0 spiro atoms. The monoisotopic (exact) mass is 381 g/mol. The van der Waals surface area contributed by atoms with E-state index in [1.54, 1.807) is 6.07 Å². The normalized spacial score (nSPS) is 21.6. The Labute approximate surface area is 163 Å². The number of nitrogens with zero attached hydrogens (tertiary/aromatic N) is 2. The van der Waals surface area contributed by atoms with E-state index in [0.29, 0.717) is 31.9 Å². The van der Waals surface area contributed by atoms with E-state index >= 15 is 0 Å². The fourth-order valence-corrected chi connectivity index (χ4v) is 3.75. The van der Waals surface area contributed by atoms with Crippen LogP contribution in [0.2, 0.25) is 0 Å². The predicted octanol–water partition coefficient (Wildman–Crippen LogP) is 1.69. The first-order valence-electron chi connectivity index (χ1n) is 9.50. The Hall–Kier alpha value is -2.93. The van der Waals surface area contributed by atoms with Gasteiger partial charge in [-0.1, -0.05) is 24.3 Å². The largest absolute Gasteiger partial charge is 0.488 e. The van der Waals surface area contributed by atoms with Crippen LogP contribution in [0.5, 0.6) is 5.75 Å². The van der Waals surface area contributed by atoms with Crippen molar-refractivity contribution in [1.82, 2.24) is 9.88 Å². The van der Waals surface area contributed by atoms with Crippen molar-refractivity contribution < 1.29 is 19.1 Å². The van der Waals surface area contributed by atoms with Crippen LogP contribution in [0, 0.1) is 0 Å². The number of carbonyl (C=O) groups is 2. The van der Waals surface area contributed by atoms with Gasteiger partial charge in [0.25, 0.3) is 11.8 Å². The van der Waals surface area contributed by atoms with Gasteiger partial charge >= 0.3 is 0 Å². The Balaban J connectivity index is 1.39. The smallest absolute Gasteiger partial charge is 0.267 e. The Morgan fingerprint density at radius 1 is 1.21 bits per heavy atom. The average molecular weight is 381 g/mol. The molecular weight excluding hydrogens is 358 g/mol. The third kappa shape index (κ3) is 3.99. The van der Waals surface area contributed by atoms with Crippen molar-refractivity contribution in [1.29, 1.82) is 0 Å². The molecule has 7 heteroatoms. The first-order chi connectivity index (χ1) is 13.6. The zero-order valence-electron chi connectivity index (χ0n) is 15.5. The van der Waals surface area contributed by atoms with Crippen molar-refractivity contribution in [2.24, 2.45) is 5.73 Å². The van der Waals surface area contributed by atoms with Gasteiger partial charge in [0.2, 0.25) is 0 Å². The molecule has 0 bridgehead atoms. The molecule has 2 amide bonds. The van der Waals surface area contributed by atoms with Crippen molar-refractivity contribution in [2.75, 3.05) is 13.1 Å². The molecule has 1 fully saturated rings. The van der Waals surface area contributed by atoms with E-state index in [1.165, 1.54) is 17.8 Å². The van der Waals surface area contributed by atoms with Gasteiger partial charge in [-0.25, -0.2) is 0 Å². The quantitative estimate of drug-likeness (QED) is 0.870. The second kappa shape index (κ2) is 7.98. The third-order valence-electron chi connectivity index (χ3n) is 5.22. The number of piperidine rings is 1. The first-order valence-corrected chi connectivity index (χ1v) is 9.50. The number of primary amides is 1. The minimum atomic E-state index is -0.597. The number of fused-ring (bicyclic) bond motifs is 1. The molecule has 2 aliphatic rings. The maximum atomic E-state index is 13.0. The lowest BCUT2D eigenvalue weighted by Crippen LogP contribution is -2.49. The highest BCUT2D eigenvalue weighted by Crippen LogP contribution is 2.24. The number of aromatic nitrogens is 1. The molecule has 1 aromatic carbocycles. The number of rotatable bonds is 4. The van der Waals surface area contributed by atoms with Crippen LogP contribution in [0.1, 0.15) is 34.5 Å². The standard InChI is InChI=1S/C21H23N3O4/c22-20(25)18-11-16(7-8-23-18)28-17-6-3-9-24(12-17)21(26)19-10-14-4-1-2-5-15(14)13-27-19/h1-2,4-5,7-8,11,17,19H,3,6,9-10,12-13H2,(H2,22,25). The zero-order chi connectivity index (χ0) is 19.5. The lowest BCUT2D eigenvalue weighted by Gasteiger charge is -2.36. The second-order valence-electron chi connectivity index (χ2n) is 7.18. The molecular formula is C21H23N3O4. The number of carbonyl (C=O) groups excluding carboxylic acids is 2. The fourth-order valence-electron chi connectivity index (χ4n) is 3.75. The molecule has 2 aliphatic heterocycles. The molecule has 146 valence electrons. The number of nitrogens with two attached hydrogens (primary N) is 1. The highest BCUT2D eigenvalue weighted by Gasteiger charge is 2.32. The summed E-state index contributed by atoms with van der Waals surface area (Å²) in [7, 11) is 0. The summed E-state index contributed by atoms with van der Waals surface area (Å²) in [5, 5.41) is 0. The topological polar surface area (TPSA) is 94.8 Å². The summed E-state index contributed by atoms with van der Waals surface area (Å²) < 4.78 is 11.8. The lowest BCUT2D eigenvalue weighted by atomic mass is 9.98. The molecule has 7 nitrogen and oxygen atoms in total. The summed E-state index contributed by atoms with van der Waals surface area (Å²) in [6.07, 6.45) is 3.20. The number of ether oxygens (including phenoxy) is 2. The number of amides is 2. The summed E-state index contributed by atoms with van der Waals surface area (Å²) in [4.78, 5) is 30.0. The van der Waals surface area contributed by atoms with Crippen LogP contribution >= 0.6 is 0 Å². The number of benzene rings is 1. The van der Waals surface area contributed by atoms with Crippen LogP contribution < -0.4 is 10.5 Å². The van der Waals surface area contributed by atoms with Gasteiger partial charge in [0.1, 0.15) is 23.7 Å².